The highest BCUT2D eigenvalue weighted by molar-refractivity contribution is 7.71. The van der Waals surface area contributed by atoms with Crippen molar-refractivity contribution < 1.29 is 9.36 Å². The minimum absolute atomic E-state index is 0.373. The van der Waals surface area contributed by atoms with Crippen molar-refractivity contribution in [1.82, 2.24) is 10.2 Å². The molecule has 0 bridgehead atoms. The minimum atomic E-state index is -2.75. The fourth-order valence-electron chi connectivity index (χ4n) is 1.05. The van der Waals surface area contributed by atoms with Gasteiger partial charge in [0.1, 0.15) is 0 Å². The Hall–Kier alpha value is -1.28. The molecule has 4 nitrogen and oxygen atoms in total. The quantitative estimate of drug-likeness (QED) is 0.631. The van der Waals surface area contributed by atoms with Crippen LogP contribution < -0.4 is 15.5 Å². The van der Waals surface area contributed by atoms with Crippen LogP contribution in [0.2, 0.25) is 0 Å². The number of carbonyl (C=O) groups is 1. The zero-order valence-corrected chi connectivity index (χ0v) is 7.04. The summed E-state index contributed by atoms with van der Waals surface area (Å²) in [5.41, 5.74) is 0. The molecule has 0 unspecified atom stereocenters. The molecule has 2 rings (SSSR count). The third-order valence-corrected chi connectivity index (χ3v) is 3.70. The molecular formula is C7H7N2O2P. The first-order valence-electron chi connectivity index (χ1n) is 3.47. The number of rotatable bonds is 1. The summed E-state index contributed by atoms with van der Waals surface area (Å²) in [6.07, 6.45) is 0. The van der Waals surface area contributed by atoms with Crippen molar-refractivity contribution >= 4 is 18.8 Å². The second kappa shape index (κ2) is 2.35. The van der Waals surface area contributed by atoms with Gasteiger partial charge in [-0.05, 0) is 12.1 Å². The first kappa shape index (κ1) is 7.37. The smallest absolute Gasteiger partial charge is 0.270 e. The summed E-state index contributed by atoms with van der Waals surface area (Å²) in [5.74, 6) is 0. The van der Waals surface area contributed by atoms with Gasteiger partial charge in [-0.1, -0.05) is 18.2 Å². The molecule has 1 aliphatic heterocycles. The topological polar surface area (TPSA) is 58.2 Å². The highest BCUT2D eigenvalue weighted by Crippen LogP contribution is 2.40. The summed E-state index contributed by atoms with van der Waals surface area (Å²) < 4.78 is 11.6. The van der Waals surface area contributed by atoms with E-state index in [1.807, 2.05) is 6.07 Å². The van der Waals surface area contributed by atoms with Crippen molar-refractivity contribution in [2.75, 3.05) is 0 Å². The van der Waals surface area contributed by atoms with Gasteiger partial charge >= 0.3 is 6.03 Å². The molecule has 5 heteroatoms. The lowest BCUT2D eigenvalue weighted by Crippen LogP contribution is -2.50. The average Bonchev–Trinajstić information content (AvgIpc) is 2.04. The molecule has 62 valence electrons. The Kier molecular flexibility index (Phi) is 1.45. The second-order valence-electron chi connectivity index (χ2n) is 2.50. The molecule has 0 atom stereocenters. The van der Waals surface area contributed by atoms with Crippen LogP contribution in [0.25, 0.3) is 0 Å². The highest BCUT2D eigenvalue weighted by atomic mass is 31.2. The van der Waals surface area contributed by atoms with Gasteiger partial charge in [-0.2, -0.15) is 0 Å². The van der Waals surface area contributed by atoms with Crippen molar-refractivity contribution in [3.05, 3.63) is 30.3 Å². The summed E-state index contributed by atoms with van der Waals surface area (Å²) in [4.78, 5) is 10.5. The lowest BCUT2D eigenvalue weighted by atomic mass is 10.4. The Bertz CT molecular complexity index is 351. The summed E-state index contributed by atoms with van der Waals surface area (Å²) in [7, 11) is -2.75. The molecule has 1 saturated heterocycles. The van der Waals surface area contributed by atoms with E-state index in [9.17, 15) is 9.36 Å². The van der Waals surface area contributed by atoms with Crippen molar-refractivity contribution in [3.63, 3.8) is 0 Å². The van der Waals surface area contributed by atoms with E-state index < -0.39 is 7.44 Å². The summed E-state index contributed by atoms with van der Waals surface area (Å²) in [5, 5.41) is 5.31. The van der Waals surface area contributed by atoms with Crippen LogP contribution in [0, 0.1) is 0 Å². The van der Waals surface area contributed by atoms with E-state index in [4.69, 9.17) is 0 Å². The van der Waals surface area contributed by atoms with Gasteiger partial charge in [0, 0.05) is 0 Å². The summed E-state index contributed by atoms with van der Waals surface area (Å²) in [6.45, 7) is 0. The van der Waals surface area contributed by atoms with Crippen LogP contribution in [0.15, 0.2) is 30.3 Å². The number of carbonyl (C=O) groups excluding carboxylic acids is 1. The Morgan fingerprint density at radius 3 is 2.17 bits per heavy atom. The van der Waals surface area contributed by atoms with E-state index in [1.54, 1.807) is 24.3 Å². The van der Waals surface area contributed by atoms with Gasteiger partial charge < -0.3 is 0 Å². The highest BCUT2D eigenvalue weighted by Gasteiger charge is 2.37. The normalized spacial score (nSPS) is 18.8. The molecular weight excluding hydrogens is 175 g/mol. The molecule has 2 amide bonds. The fourth-order valence-corrected chi connectivity index (χ4v) is 2.48. The van der Waals surface area contributed by atoms with Crippen LogP contribution in [0.4, 0.5) is 4.79 Å². The molecule has 0 aromatic heterocycles. The van der Waals surface area contributed by atoms with E-state index in [-0.39, 0.29) is 6.03 Å². The Morgan fingerprint density at radius 1 is 1.08 bits per heavy atom. The first-order chi connectivity index (χ1) is 5.71. The molecule has 1 aromatic rings. The monoisotopic (exact) mass is 182 g/mol. The van der Waals surface area contributed by atoms with Gasteiger partial charge in [0.15, 0.2) is 0 Å². The van der Waals surface area contributed by atoms with E-state index in [0.717, 1.165) is 0 Å². The SMILES string of the molecule is O=C1NP(=O)(c2ccccc2)N1. The van der Waals surface area contributed by atoms with Gasteiger partial charge in [-0.25, -0.2) is 4.79 Å². The minimum Gasteiger partial charge on any atom is -0.270 e. The Labute approximate surface area is 69.5 Å². The summed E-state index contributed by atoms with van der Waals surface area (Å²) in [6, 6.07) is 8.45. The molecule has 1 fully saturated rings. The van der Waals surface area contributed by atoms with Crippen molar-refractivity contribution in [2.45, 2.75) is 0 Å². The predicted octanol–water partition coefficient (Wildman–Crippen LogP) is 0.818. The molecule has 0 spiro atoms. The van der Waals surface area contributed by atoms with Gasteiger partial charge in [-0.15, -0.1) is 0 Å². The lowest BCUT2D eigenvalue weighted by Gasteiger charge is -2.28. The van der Waals surface area contributed by atoms with E-state index in [2.05, 4.69) is 10.2 Å². The van der Waals surface area contributed by atoms with Gasteiger partial charge in [-0.3, -0.25) is 14.7 Å². The van der Waals surface area contributed by atoms with Gasteiger partial charge in [0.25, 0.3) is 7.44 Å². The number of benzene rings is 1. The maximum absolute atomic E-state index is 11.6. The maximum atomic E-state index is 11.6. The van der Waals surface area contributed by atoms with Crippen LogP contribution in [-0.4, -0.2) is 6.03 Å². The molecule has 12 heavy (non-hydrogen) atoms. The largest absolute Gasteiger partial charge is 0.328 e. The molecule has 1 aromatic carbocycles. The van der Waals surface area contributed by atoms with Gasteiger partial charge in [0.2, 0.25) is 0 Å². The zero-order chi connectivity index (χ0) is 8.60. The van der Waals surface area contributed by atoms with E-state index >= 15 is 0 Å². The lowest BCUT2D eigenvalue weighted by molar-refractivity contribution is 0.245. The Balaban J connectivity index is 2.33. The van der Waals surface area contributed by atoms with Crippen molar-refractivity contribution in [2.24, 2.45) is 0 Å². The molecule has 0 radical (unpaired) electrons. The van der Waals surface area contributed by atoms with Crippen LogP contribution in [-0.2, 0) is 4.57 Å². The van der Waals surface area contributed by atoms with E-state index in [0.29, 0.717) is 5.30 Å². The maximum Gasteiger partial charge on any atom is 0.328 e. The summed E-state index contributed by atoms with van der Waals surface area (Å²) >= 11 is 0. The average molecular weight is 182 g/mol. The molecule has 1 heterocycles. The Morgan fingerprint density at radius 2 is 1.67 bits per heavy atom. The van der Waals surface area contributed by atoms with Crippen LogP contribution in [0.3, 0.4) is 0 Å². The predicted molar refractivity (Wildman–Crippen MR) is 45.3 cm³/mol. The van der Waals surface area contributed by atoms with Crippen molar-refractivity contribution in [3.8, 4) is 0 Å². The fraction of sp³-hybridized carbons (Fsp3) is 0. The standard InChI is InChI=1S/C7H7N2O2P/c10-7-8-12(11,9-7)6-4-2-1-3-5-6/h1-5H,(H2,8,9,10,11). The zero-order valence-electron chi connectivity index (χ0n) is 6.15. The van der Waals surface area contributed by atoms with Gasteiger partial charge in [0.05, 0.1) is 5.30 Å². The number of nitrogens with one attached hydrogen (secondary N) is 2. The van der Waals surface area contributed by atoms with Crippen LogP contribution >= 0.6 is 7.44 Å². The third kappa shape index (κ3) is 1.01. The first-order valence-corrected chi connectivity index (χ1v) is 5.17. The molecule has 0 aliphatic carbocycles. The molecule has 1 aliphatic rings. The number of hydrogen-bond acceptors (Lipinski definition) is 2. The number of urea groups is 1. The number of amides is 2. The van der Waals surface area contributed by atoms with Crippen molar-refractivity contribution in [1.29, 1.82) is 0 Å². The molecule has 0 saturated carbocycles. The second-order valence-corrected chi connectivity index (χ2v) is 4.68. The van der Waals surface area contributed by atoms with E-state index in [1.165, 1.54) is 0 Å². The third-order valence-electron chi connectivity index (χ3n) is 1.64. The van der Waals surface area contributed by atoms with Crippen LogP contribution in [0.1, 0.15) is 0 Å². The number of hydrogen-bond donors (Lipinski definition) is 2. The van der Waals surface area contributed by atoms with Crippen LogP contribution in [0.5, 0.6) is 0 Å². The molecule has 2 N–H and O–H groups in total.